The van der Waals surface area contributed by atoms with Crippen molar-refractivity contribution in [2.75, 3.05) is 0 Å². The summed E-state index contributed by atoms with van der Waals surface area (Å²) in [7, 11) is -3.60. The van der Waals surface area contributed by atoms with Crippen LogP contribution < -0.4 is 10.5 Å². The van der Waals surface area contributed by atoms with E-state index in [4.69, 9.17) is 17.3 Å². The van der Waals surface area contributed by atoms with E-state index in [1.165, 1.54) is 24.5 Å². The van der Waals surface area contributed by atoms with Crippen LogP contribution in [-0.4, -0.2) is 18.4 Å². The van der Waals surface area contributed by atoms with Gasteiger partial charge in [-0.2, -0.15) is 0 Å². The van der Waals surface area contributed by atoms with Gasteiger partial charge >= 0.3 is 0 Å². The molecule has 1 aromatic carbocycles. The molecule has 0 spiro atoms. The zero-order valence-electron chi connectivity index (χ0n) is 9.93. The number of nitrogens with one attached hydrogen (secondary N) is 2. The second kappa shape index (κ2) is 5.70. The van der Waals surface area contributed by atoms with Crippen LogP contribution in [0.15, 0.2) is 35.6 Å². The molecule has 0 unspecified atom stereocenters. The normalized spacial score (nSPS) is 11.7. The highest BCUT2D eigenvalue weighted by molar-refractivity contribution is 7.89. The van der Waals surface area contributed by atoms with Crippen LogP contribution in [0.3, 0.4) is 0 Å². The lowest BCUT2D eigenvalue weighted by Gasteiger charge is -2.08. The van der Waals surface area contributed by atoms with E-state index in [9.17, 15) is 8.42 Å². The first-order valence-corrected chi connectivity index (χ1v) is 7.34. The van der Waals surface area contributed by atoms with Gasteiger partial charge in [-0.05, 0) is 23.8 Å². The molecule has 8 heteroatoms. The SMILES string of the molecule is NCc1cc(S(=O)(=O)NCc2cnc[nH]2)ccc1Cl. The van der Waals surface area contributed by atoms with Crippen LogP contribution in [-0.2, 0) is 23.1 Å². The number of halogens is 1. The summed E-state index contributed by atoms with van der Waals surface area (Å²) in [6, 6.07) is 4.43. The van der Waals surface area contributed by atoms with E-state index in [0.29, 0.717) is 16.3 Å². The maximum atomic E-state index is 12.1. The lowest BCUT2D eigenvalue weighted by Crippen LogP contribution is -2.23. The van der Waals surface area contributed by atoms with Crippen molar-refractivity contribution in [2.45, 2.75) is 18.0 Å². The van der Waals surface area contributed by atoms with Gasteiger partial charge in [0.25, 0.3) is 0 Å². The number of aromatic amines is 1. The van der Waals surface area contributed by atoms with Crippen molar-refractivity contribution in [3.8, 4) is 0 Å². The highest BCUT2D eigenvalue weighted by Crippen LogP contribution is 2.20. The van der Waals surface area contributed by atoms with Crippen LogP contribution in [0.4, 0.5) is 0 Å². The third kappa shape index (κ3) is 3.32. The minimum absolute atomic E-state index is 0.136. The average Bonchev–Trinajstić information content (AvgIpc) is 2.90. The molecule has 0 aliphatic heterocycles. The van der Waals surface area contributed by atoms with E-state index in [0.717, 1.165) is 0 Å². The monoisotopic (exact) mass is 300 g/mol. The third-order valence-corrected chi connectivity index (χ3v) is 4.32. The van der Waals surface area contributed by atoms with E-state index in [-0.39, 0.29) is 18.0 Å². The topological polar surface area (TPSA) is 101 Å². The van der Waals surface area contributed by atoms with Crippen molar-refractivity contribution in [1.82, 2.24) is 14.7 Å². The molecular weight excluding hydrogens is 288 g/mol. The number of hydrogen-bond acceptors (Lipinski definition) is 4. The second-order valence-electron chi connectivity index (χ2n) is 3.86. The Bertz CT molecular complexity index is 655. The van der Waals surface area contributed by atoms with Crippen LogP contribution in [0.1, 0.15) is 11.3 Å². The molecule has 102 valence electrons. The number of aromatic nitrogens is 2. The Morgan fingerprint density at radius 2 is 2.21 bits per heavy atom. The quantitative estimate of drug-likeness (QED) is 0.767. The van der Waals surface area contributed by atoms with Crippen molar-refractivity contribution in [3.05, 3.63) is 47.0 Å². The molecule has 19 heavy (non-hydrogen) atoms. The predicted octanol–water partition coefficient (Wildman–Crippen LogP) is 1.00. The number of H-pyrrole nitrogens is 1. The van der Waals surface area contributed by atoms with Gasteiger partial charge in [0.1, 0.15) is 0 Å². The molecule has 6 nitrogen and oxygen atoms in total. The number of benzene rings is 1. The largest absolute Gasteiger partial charge is 0.347 e. The van der Waals surface area contributed by atoms with Crippen LogP contribution in [0, 0.1) is 0 Å². The van der Waals surface area contributed by atoms with Crippen molar-refractivity contribution < 1.29 is 8.42 Å². The molecule has 0 bridgehead atoms. The first kappa shape index (κ1) is 14.0. The lowest BCUT2D eigenvalue weighted by atomic mass is 10.2. The van der Waals surface area contributed by atoms with Crippen LogP contribution in [0.2, 0.25) is 5.02 Å². The van der Waals surface area contributed by atoms with E-state index in [1.54, 1.807) is 6.20 Å². The summed E-state index contributed by atoms with van der Waals surface area (Å²) >= 11 is 5.90. The first-order chi connectivity index (χ1) is 9.03. The van der Waals surface area contributed by atoms with E-state index in [2.05, 4.69) is 14.7 Å². The maximum Gasteiger partial charge on any atom is 0.240 e. The van der Waals surface area contributed by atoms with Crippen molar-refractivity contribution in [1.29, 1.82) is 0 Å². The summed E-state index contributed by atoms with van der Waals surface area (Å²) in [5.74, 6) is 0. The first-order valence-electron chi connectivity index (χ1n) is 5.48. The fourth-order valence-electron chi connectivity index (χ4n) is 1.51. The fourth-order valence-corrected chi connectivity index (χ4v) is 2.76. The van der Waals surface area contributed by atoms with Gasteiger partial charge in [-0.1, -0.05) is 11.6 Å². The molecule has 0 fully saturated rings. The van der Waals surface area contributed by atoms with Crippen molar-refractivity contribution in [3.63, 3.8) is 0 Å². The summed E-state index contributed by atoms with van der Waals surface area (Å²) in [6.45, 7) is 0.325. The zero-order chi connectivity index (χ0) is 13.9. The van der Waals surface area contributed by atoms with Gasteiger partial charge < -0.3 is 10.7 Å². The lowest BCUT2D eigenvalue weighted by molar-refractivity contribution is 0.580. The molecule has 0 amide bonds. The average molecular weight is 301 g/mol. The number of imidazole rings is 1. The van der Waals surface area contributed by atoms with Gasteiger partial charge in [0.15, 0.2) is 0 Å². The molecule has 0 saturated heterocycles. The molecule has 0 aliphatic carbocycles. The number of rotatable bonds is 5. The molecule has 2 rings (SSSR count). The molecule has 1 heterocycles. The minimum atomic E-state index is -3.60. The standard InChI is InChI=1S/C11H13ClN4O2S/c12-11-2-1-10(3-8(11)4-13)19(17,18)16-6-9-5-14-7-15-9/h1-3,5,7,16H,4,6,13H2,(H,14,15). The van der Waals surface area contributed by atoms with Gasteiger partial charge in [-0.3, -0.25) is 0 Å². The smallest absolute Gasteiger partial charge is 0.240 e. The summed E-state index contributed by atoms with van der Waals surface area (Å²) in [4.78, 5) is 6.76. The Morgan fingerprint density at radius 3 is 2.84 bits per heavy atom. The van der Waals surface area contributed by atoms with Gasteiger partial charge in [-0.15, -0.1) is 0 Å². The molecular formula is C11H13ClN4O2S. The highest BCUT2D eigenvalue weighted by Gasteiger charge is 2.15. The summed E-state index contributed by atoms with van der Waals surface area (Å²) < 4.78 is 26.6. The molecule has 0 aliphatic rings. The van der Waals surface area contributed by atoms with Crippen molar-refractivity contribution >= 4 is 21.6 Å². The number of hydrogen-bond donors (Lipinski definition) is 3. The number of nitrogens with zero attached hydrogens (tertiary/aromatic N) is 1. The maximum absolute atomic E-state index is 12.1. The number of sulfonamides is 1. The van der Waals surface area contributed by atoms with Crippen LogP contribution in [0.5, 0.6) is 0 Å². The fraction of sp³-hybridized carbons (Fsp3) is 0.182. The Balaban J connectivity index is 2.19. The zero-order valence-corrected chi connectivity index (χ0v) is 11.5. The highest BCUT2D eigenvalue weighted by atomic mass is 35.5. The molecule has 0 radical (unpaired) electrons. The molecule has 4 N–H and O–H groups in total. The van der Waals surface area contributed by atoms with Crippen molar-refractivity contribution in [2.24, 2.45) is 5.73 Å². The van der Waals surface area contributed by atoms with Gasteiger partial charge in [0.05, 0.1) is 17.8 Å². The summed E-state index contributed by atoms with van der Waals surface area (Å²) in [5.41, 5.74) is 6.77. The second-order valence-corrected chi connectivity index (χ2v) is 6.03. The Morgan fingerprint density at radius 1 is 1.42 bits per heavy atom. The molecule has 1 aromatic heterocycles. The molecule has 2 aromatic rings. The summed E-state index contributed by atoms with van der Waals surface area (Å²) in [6.07, 6.45) is 3.04. The van der Waals surface area contributed by atoms with Gasteiger partial charge in [0, 0.05) is 23.5 Å². The Hall–Kier alpha value is -1.41. The summed E-state index contributed by atoms with van der Waals surface area (Å²) in [5, 5.41) is 0.454. The van der Waals surface area contributed by atoms with Crippen LogP contribution in [0.25, 0.3) is 0 Å². The Labute approximate surface area is 116 Å². The van der Waals surface area contributed by atoms with E-state index < -0.39 is 10.0 Å². The van der Waals surface area contributed by atoms with E-state index in [1.807, 2.05) is 0 Å². The van der Waals surface area contributed by atoms with Gasteiger partial charge in [0.2, 0.25) is 10.0 Å². The molecule has 0 saturated carbocycles. The Kier molecular flexibility index (Phi) is 4.20. The van der Waals surface area contributed by atoms with Crippen LogP contribution >= 0.6 is 11.6 Å². The van der Waals surface area contributed by atoms with E-state index >= 15 is 0 Å². The third-order valence-electron chi connectivity index (χ3n) is 2.55. The predicted molar refractivity (Wildman–Crippen MR) is 72.0 cm³/mol. The van der Waals surface area contributed by atoms with Gasteiger partial charge in [-0.25, -0.2) is 18.1 Å². The minimum Gasteiger partial charge on any atom is -0.347 e. The molecule has 0 atom stereocenters. The number of nitrogens with two attached hydrogens (primary N) is 1.